The molecule has 0 saturated carbocycles. The predicted octanol–water partition coefficient (Wildman–Crippen LogP) is -0.00980. The van der Waals surface area contributed by atoms with Crippen LogP contribution in [0.1, 0.15) is 101 Å². The Hall–Kier alpha value is -3.47. The third-order valence-corrected chi connectivity index (χ3v) is 10.8. The van der Waals surface area contributed by atoms with E-state index in [1.807, 2.05) is 14.1 Å². The predicted molar refractivity (Wildman–Crippen MR) is 171 cm³/mol. The van der Waals surface area contributed by atoms with Gasteiger partial charge >= 0.3 is 5.97 Å². The summed E-state index contributed by atoms with van der Waals surface area (Å²) in [5.41, 5.74) is -2.85. The molecule has 14 nitrogen and oxygen atoms in total. The number of aliphatic hydroxyl groups is 3. The molecule has 272 valence electrons. The van der Waals surface area contributed by atoms with E-state index in [2.05, 4.69) is 0 Å². The number of aromatic hydroxyl groups is 1. The van der Waals surface area contributed by atoms with E-state index in [4.69, 9.17) is 23.7 Å². The number of nitrogens with one attached hydrogen (secondary N) is 1. The number of benzene rings is 2. The number of carbonyl (C=O) groups excluding carboxylic acids is 3. The Morgan fingerprint density at radius 2 is 1.70 bits per heavy atom. The number of hydrogen-bond acceptors (Lipinski definition) is 13. The van der Waals surface area contributed by atoms with Crippen LogP contribution in [-0.4, -0.2) is 114 Å². The van der Waals surface area contributed by atoms with E-state index in [-0.39, 0.29) is 59.5 Å². The van der Waals surface area contributed by atoms with Gasteiger partial charge < -0.3 is 54.1 Å². The summed E-state index contributed by atoms with van der Waals surface area (Å²) < 4.78 is 30.0. The van der Waals surface area contributed by atoms with Crippen molar-refractivity contribution in [3.05, 3.63) is 57.6 Å². The van der Waals surface area contributed by atoms with Crippen molar-refractivity contribution >= 4 is 17.5 Å². The summed E-state index contributed by atoms with van der Waals surface area (Å²) in [7, 11) is 5.03. The molecule has 6 rings (SSSR count). The molecule has 2 aliphatic heterocycles. The van der Waals surface area contributed by atoms with Crippen LogP contribution in [0.3, 0.4) is 0 Å². The van der Waals surface area contributed by atoms with Crippen LogP contribution in [0.15, 0.2) is 24.3 Å². The maximum atomic E-state index is 14.4. The van der Waals surface area contributed by atoms with E-state index in [0.717, 1.165) is 12.0 Å². The monoisotopic (exact) mass is 699 g/mol. The first-order valence-electron chi connectivity index (χ1n) is 17.0. The number of methoxy groups -OCH3 is 1. The lowest BCUT2D eigenvalue weighted by Crippen LogP contribution is -3.12. The number of ether oxygens (including phenoxy) is 5. The summed E-state index contributed by atoms with van der Waals surface area (Å²) in [5.74, 6) is -4.98. The van der Waals surface area contributed by atoms with Crippen molar-refractivity contribution in [2.45, 2.75) is 113 Å². The Labute approximate surface area is 289 Å². The molecule has 14 heteroatoms. The molecule has 2 aromatic carbocycles. The lowest BCUT2D eigenvalue weighted by Gasteiger charge is -2.47. The first kappa shape index (κ1) is 36.3. The summed E-state index contributed by atoms with van der Waals surface area (Å²) >= 11 is 0. The largest absolute Gasteiger partial charge is 0.872 e. The quantitative estimate of drug-likeness (QED) is 0.206. The van der Waals surface area contributed by atoms with Crippen molar-refractivity contribution in [1.82, 2.24) is 0 Å². The molecular weight excluding hydrogens is 654 g/mol. The minimum atomic E-state index is -1.76. The van der Waals surface area contributed by atoms with Crippen LogP contribution in [0, 0.1) is 0 Å². The van der Waals surface area contributed by atoms with E-state index in [1.165, 1.54) is 24.3 Å². The van der Waals surface area contributed by atoms with Gasteiger partial charge in [0.1, 0.15) is 29.9 Å². The number of quaternary nitrogens is 1. The molecule has 2 saturated heterocycles. The van der Waals surface area contributed by atoms with Gasteiger partial charge in [0.05, 0.1) is 63.2 Å². The third-order valence-electron chi connectivity index (χ3n) is 10.8. The van der Waals surface area contributed by atoms with Gasteiger partial charge in [-0.2, -0.15) is 0 Å². The normalized spacial score (nSPS) is 35.3. The molecule has 11 atom stereocenters. The molecule has 2 fully saturated rings. The van der Waals surface area contributed by atoms with E-state index in [0.29, 0.717) is 0 Å². The average Bonchev–Trinajstić information content (AvgIpc) is 3.06. The Morgan fingerprint density at radius 1 is 1.02 bits per heavy atom. The standard InChI is InChI=1S/C36H45NO13/c1-7-36(45)14-23(49-24-12-20(37(4)5)34(16(3)48-24)50-25-13-22(39)30(40)15(2)47-25)27-18(29(36)35(44)46-6)11-19-28(33(27)43)32(42)26-17(31(19)41)9-8-10-21(26)38/h8-11,15-16,20,22-25,29-30,34,38-40,43,45H,7,12-14H2,1-6H3. The topological polar surface area (TPSA) is 206 Å². The Morgan fingerprint density at radius 3 is 2.34 bits per heavy atom. The van der Waals surface area contributed by atoms with Gasteiger partial charge in [-0.3, -0.25) is 14.4 Å². The van der Waals surface area contributed by atoms with E-state index >= 15 is 0 Å². The van der Waals surface area contributed by atoms with Gasteiger partial charge in [-0.25, -0.2) is 0 Å². The minimum absolute atomic E-state index is 0.0233. The Bertz CT molecular complexity index is 1670. The Balaban J connectivity index is 1.37. The van der Waals surface area contributed by atoms with Crippen LogP contribution >= 0.6 is 0 Å². The Kier molecular flexibility index (Phi) is 9.87. The molecule has 0 spiro atoms. The molecule has 0 radical (unpaired) electrons. The zero-order chi connectivity index (χ0) is 36.4. The number of esters is 1. The maximum absolute atomic E-state index is 14.4. The molecule has 0 amide bonds. The molecule has 50 heavy (non-hydrogen) atoms. The fourth-order valence-corrected chi connectivity index (χ4v) is 8.04. The summed E-state index contributed by atoms with van der Waals surface area (Å²) in [6.45, 7) is 5.13. The molecule has 2 aliphatic carbocycles. The molecule has 2 aromatic rings. The summed E-state index contributed by atoms with van der Waals surface area (Å²) in [4.78, 5) is 41.8. The highest BCUT2D eigenvalue weighted by atomic mass is 16.7. The number of phenolic OH excluding ortho intramolecular Hbond substituents is 1. The van der Waals surface area contributed by atoms with Crippen molar-refractivity contribution in [2.24, 2.45) is 0 Å². The van der Waals surface area contributed by atoms with Crippen LogP contribution in [-0.2, 0) is 28.5 Å². The maximum Gasteiger partial charge on any atom is 0.316 e. The van der Waals surface area contributed by atoms with Gasteiger partial charge in [0.25, 0.3) is 0 Å². The second-order valence-corrected chi connectivity index (χ2v) is 14.1. The lowest BCUT2D eigenvalue weighted by molar-refractivity contribution is -0.894. The van der Waals surface area contributed by atoms with Crippen LogP contribution in [0.25, 0.3) is 0 Å². The fourth-order valence-electron chi connectivity index (χ4n) is 8.04. The minimum Gasteiger partial charge on any atom is -0.872 e. The van der Waals surface area contributed by atoms with E-state index < -0.39 is 95.3 Å². The number of carbonyl (C=O) groups is 3. The summed E-state index contributed by atoms with van der Waals surface area (Å²) in [5, 5.41) is 57.4. The van der Waals surface area contributed by atoms with Gasteiger partial charge in [0, 0.05) is 29.5 Å². The third kappa shape index (κ3) is 6.01. The highest BCUT2D eigenvalue weighted by Crippen LogP contribution is 2.53. The highest BCUT2D eigenvalue weighted by Gasteiger charge is 2.53. The number of likely N-dealkylation sites (N-methyl/N-ethyl adjacent to an activating group) is 1. The second kappa shape index (κ2) is 13.6. The second-order valence-electron chi connectivity index (χ2n) is 14.1. The highest BCUT2D eigenvalue weighted by molar-refractivity contribution is 6.30. The zero-order valence-electron chi connectivity index (χ0n) is 28.9. The molecule has 0 aromatic heterocycles. The van der Waals surface area contributed by atoms with Crippen LogP contribution in [0.4, 0.5) is 0 Å². The van der Waals surface area contributed by atoms with Gasteiger partial charge in [-0.05, 0) is 43.5 Å². The van der Waals surface area contributed by atoms with Gasteiger partial charge in [-0.15, -0.1) is 0 Å². The fraction of sp³-hybridized carbons (Fsp3) is 0.583. The molecule has 0 bridgehead atoms. The molecule has 4 aliphatic rings. The van der Waals surface area contributed by atoms with E-state index in [1.54, 1.807) is 20.8 Å². The van der Waals surface area contributed by atoms with Crippen molar-refractivity contribution in [3.63, 3.8) is 0 Å². The first-order valence-corrected chi connectivity index (χ1v) is 17.0. The molecule has 5 N–H and O–H groups in total. The van der Waals surface area contributed by atoms with Gasteiger partial charge in [0.2, 0.25) is 0 Å². The van der Waals surface area contributed by atoms with Gasteiger partial charge in [0.15, 0.2) is 24.1 Å². The van der Waals surface area contributed by atoms with Crippen molar-refractivity contribution < 1.29 is 68.5 Å². The van der Waals surface area contributed by atoms with Crippen LogP contribution in [0.2, 0.25) is 0 Å². The van der Waals surface area contributed by atoms with Crippen molar-refractivity contribution in [2.75, 3.05) is 21.2 Å². The number of rotatable bonds is 7. The molecular formula is C36H45NO13. The number of aliphatic hydroxyl groups excluding tert-OH is 2. The molecule has 2 heterocycles. The number of phenols is 1. The van der Waals surface area contributed by atoms with Crippen molar-refractivity contribution in [3.8, 4) is 11.5 Å². The van der Waals surface area contributed by atoms with Crippen LogP contribution < -0.4 is 10.0 Å². The zero-order valence-corrected chi connectivity index (χ0v) is 28.9. The van der Waals surface area contributed by atoms with Crippen molar-refractivity contribution in [1.29, 1.82) is 0 Å². The summed E-state index contributed by atoms with van der Waals surface area (Å²) in [6.07, 6.45) is -6.54. The molecule has 11 unspecified atom stereocenters. The number of hydrogen-bond donors (Lipinski definition) is 5. The van der Waals surface area contributed by atoms with Crippen LogP contribution in [0.5, 0.6) is 11.5 Å². The average molecular weight is 700 g/mol. The number of fused-ring (bicyclic) bond motifs is 3. The summed E-state index contributed by atoms with van der Waals surface area (Å²) in [6, 6.07) is 5.11. The SMILES string of the molecule is CCC1(O)CC(OC2CC([NH+](C)C)C(OC3CC(O)C(O)C(C)O3)C(C)O2)c2c(cc3c(c2[O-])C(=O)c2c(O)cccc2C3=O)C1C(=O)OC. The van der Waals surface area contributed by atoms with Gasteiger partial charge in [-0.1, -0.05) is 24.8 Å². The first-order chi connectivity index (χ1) is 23.6. The lowest BCUT2D eigenvalue weighted by atomic mass is 9.67. The number of ketones is 2. The smallest absolute Gasteiger partial charge is 0.316 e. The van der Waals surface area contributed by atoms with E-state index in [9.17, 15) is 39.9 Å².